The Labute approximate surface area is 132 Å². The maximum atomic E-state index is 9.67. The highest BCUT2D eigenvalue weighted by atomic mass is 35.5. The van der Waals surface area contributed by atoms with Crippen molar-refractivity contribution in [2.45, 2.75) is 17.6 Å². The van der Waals surface area contributed by atoms with E-state index in [9.17, 15) is 10.2 Å². The van der Waals surface area contributed by atoms with Crippen molar-refractivity contribution in [2.24, 2.45) is 7.05 Å². The van der Waals surface area contributed by atoms with Gasteiger partial charge in [-0.2, -0.15) is 0 Å². The number of aromatic nitrogens is 4. The van der Waals surface area contributed by atoms with Crippen LogP contribution in [-0.4, -0.2) is 42.7 Å². The third kappa shape index (κ3) is 3.22. The average Bonchev–Trinajstić information content (AvgIpc) is 2.83. The topological polar surface area (TPSA) is 96.1 Å². The average molecular weight is 330 g/mol. The highest BCUT2D eigenvalue weighted by Gasteiger charge is 2.22. The summed E-state index contributed by atoms with van der Waals surface area (Å²) in [7, 11) is 1.80. The summed E-state index contributed by atoms with van der Waals surface area (Å²) in [6.45, 7) is 0.847. The molecule has 0 saturated heterocycles. The van der Waals surface area contributed by atoms with Gasteiger partial charge in [-0.1, -0.05) is 11.8 Å². The minimum atomic E-state index is -0.0808. The van der Waals surface area contributed by atoms with Crippen molar-refractivity contribution in [1.82, 2.24) is 25.5 Å². The molecule has 0 saturated carbocycles. The molecule has 1 aliphatic rings. The van der Waals surface area contributed by atoms with Crippen LogP contribution in [0.25, 0.3) is 0 Å². The fourth-order valence-corrected chi connectivity index (χ4v) is 3.25. The molecule has 2 heterocycles. The number of phenols is 2. The van der Waals surface area contributed by atoms with Crippen molar-refractivity contribution < 1.29 is 10.2 Å². The Morgan fingerprint density at radius 1 is 1.38 bits per heavy atom. The first kappa shape index (κ1) is 15.9. The zero-order valence-electron chi connectivity index (χ0n) is 11.4. The smallest absolute Gasteiger partial charge is 0.209 e. The van der Waals surface area contributed by atoms with Gasteiger partial charge in [0.25, 0.3) is 0 Å². The van der Waals surface area contributed by atoms with Crippen molar-refractivity contribution in [3.8, 4) is 11.5 Å². The highest BCUT2D eigenvalue weighted by Crippen LogP contribution is 2.35. The number of fused-ring (bicyclic) bond motifs is 1. The zero-order chi connectivity index (χ0) is 14.1. The van der Waals surface area contributed by atoms with Gasteiger partial charge in [0.2, 0.25) is 5.16 Å². The number of nitrogens with one attached hydrogen (secondary N) is 1. The van der Waals surface area contributed by atoms with Gasteiger partial charge < -0.3 is 15.5 Å². The number of hydrogen-bond acceptors (Lipinski definition) is 7. The molecule has 0 radical (unpaired) electrons. The summed E-state index contributed by atoms with van der Waals surface area (Å²) < 4.78 is 1.63. The summed E-state index contributed by atoms with van der Waals surface area (Å²) in [5.74, 6) is 0.614. The van der Waals surface area contributed by atoms with E-state index in [1.54, 1.807) is 35.6 Å². The van der Waals surface area contributed by atoms with Crippen LogP contribution >= 0.6 is 24.2 Å². The Bertz CT molecular complexity index is 636. The number of tetrazole rings is 1. The molecule has 1 unspecified atom stereocenters. The first-order valence-corrected chi connectivity index (χ1v) is 7.27. The second-order valence-corrected chi connectivity index (χ2v) is 5.68. The lowest BCUT2D eigenvalue weighted by atomic mass is 9.94. The molecule has 21 heavy (non-hydrogen) atoms. The number of aryl methyl sites for hydroxylation is 1. The van der Waals surface area contributed by atoms with Crippen LogP contribution in [0.15, 0.2) is 17.3 Å². The molecule has 3 rings (SSSR count). The van der Waals surface area contributed by atoms with E-state index in [2.05, 4.69) is 20.8 Å². The fourth-order valence-electron chi connectivity index (χ4n) is 2.32. The van der Waals surface area contributed by atoms with Crippen molar-refractivity contribution in [1.29, 1.82) is 0 Å². The van der Waals surface area contributed by atoms with E-state index < -0.39 is 0 Å². The SMILES string of the molecule is Cl.Cn1nnnc1SCC1NCCc2cc(O)c(O)cc21. The van der Waals surface area contributed by atoms with E-state index in [1.807, 2.05) is 0 Å². The molecule has 0 spiro atoms. The van der Waals surface area contributed by atoms with Crippen LogP contribution in [-0.2, 0) is 13.5 Å². The van der Waals surface area contributed by atoms with Gasteiger partial charge in [-0.05, 0) is 46.7 Å². The molecule has 114 valence electrons. The first-order chi connectivity index (χ1) is 9.65. The molecule has 0 amide bonds. The number of phenolic OH excluding ortho intramolecular Hbond substituents is 2. The summed E-state index contributed by atoms with van der Waals surface area (Å²) >= 11 is 1.55. The summed E-state index contributed by atoms with van der Waals surface area (Å²) in [5, 5.41) is 34.7. The van der Waals surface area contributed by atoms with Crippen molar-refractivity contribution >= 4 is 24.2 Å². The first-order valence-electron chi connectivity index (χ1n) is 6.28. The molecule has 0 bridgehead atoms. The minimum Gasteiger partial charge on any atom is -0.504 e. The minimum absolute atomic E-state index is 0. The number of benzene rings is 1. The summed E-state index contributed by atoms with van der Waals surface area (Å²) in [6.07, 6.45) is 0.843. The molecule has 1 aliphatic heterocycles. The molecular formula is C12H16ClN5O2S. The van der Waals surface area contributed by atoms with E-state index in [4.69, 9.17) is 0 Å². The van der Waals surface area contributed by atoms with E-state index in [1.165, 1.54) is 0 Å². The van der Waals surface area contributed by atoms with Crippen molar-refractivity contribution in [2.75, 3.05) is 12.3 Å². The van der Waals surface area contributed by atoms with Crippen LogP contribution in [0, 0.1) is 0 Å². The fraction of sp³-hybridized carbons (Fsp3) is 0.417. The Morgan fingerprint density at radius 3 is 2.86 bits per heavy atom. The molecule has 9 heteroatoms. The van der Waals surface area contributed by atoms with Crippen molar-refractivity contribution in [3.05, 3.63) is 23.3 Å². The molecule has 2 aromatic rings. The van der Waals surface area contributed by atoms with Gasteiger partial charge in [-0.25, -0.2) is 4.68 Å². The normalized spacial score (nSPS) is 17.1. The maximum Gasteiger partial charge on any atom is 0.209 e. The Balaban J connectivity index is 0.00000161. The molecule has 1 atom stereocenters. The Hall–Kier alpha value is -1.51. The third-order valence-corrected chi connectivity index (χ3v) is 4.46. The predicted octanol–water partition coefficient (Wildman–Crippen LogP) is 1.02. The lowest BCUT2D eigenvalue weighted by Crippen LogP contribution is -2.31. The molecule has 7 nitrogen and oxygen atoms in total. The van der Waals surface area contributed by atoms with E-state index in [0.717, 1.165) is 35.0 Å². The van der Waals surface area contributed by atoms with Crippen LogP contribution in [0.1, 0.15) is 17.2 Å². The Morgan fingerprint density at radius 2 is 2.14 bits per heavy atom. The number of rotatable bonds is 3. The molecule has 0 fully saturated rings. The largest absolute Gasteiger partial charge is 0.504 e. The molecular weight excluding hydrogens is 314 g/mol. The molecule has 0 aliphatic carbocycles. The van der Waals surface area contributed by atoms with Crippen LogP contribution in [0.4, 0.5) is 0 Å². The number of aromatic hydroxyl groups is 2. The number of halogens is 1. The van der Waals surface area contributed by atoms with Gasteiger partial charge in [0.1, 0.15) is 0 Å². The van der Waals surface area contributed by atoms with Crippen LogP contribution in [0.5, 0.6) is 11.5 Å². The second-order valence-electron chi connectivity index (χ2n) is 4.69. The van der Waals surface area contributed by atoms with E-state index in [-0.39, 0.29) is 29.9 Å². The van der Waals surface area contributed by atoms with Gasteiger partial charge >= 0.3 is 0 Å². The van der Waals surface area contributed by atoms with Crippen LogP contribution < -0.4 is 5.32 Å². The summed E-state index contributed by atoms with van der Waals surface area (Å²) in [6, 6.07) is 3.39. The third-order valence-electron chi connectivity index (χ3n) is 3.36. The standard InChI is InChI=1S/C12H15N5O2S.ClH/c1-17-12(14-15-16-17)20-6-9-8-5-11(19)10(18)4-7(8)2-3-13-9;/h4-5,9,13,18-19H,2-3,6H2,1H3;1H. The Kier molecular flexibility index (Phi) is 4.92. The molecule has 1 aromatic carbocycles. The van der Waals surface area contributed by atoms with Gasteiger partial charge in [-0.3, -0.25) is 0 Å². The number of nitrogens with zero attached hydrogens (tertiary/aromatic N) is 4. The second kappa shape index (κ2) is 6.50. The van der Waals surface area contributed by atoms with Crippen LogP contribution in [0.2, 0.25) is 0 Å². The van der Waals surface area contributed by atoms with Crippen molar-refractivity contribution in [3.63, 3.8) is 0 Å². The number of thioether (sulfide) groups is 1. The van der Waals surface area contributed by atoms with E-state index >= 15 is 0 Å². The lowest BCUT2D eigenvalue weighted by molar-refractivity contribution is 0.399. The van der Waals surface area contributed by atoms with Gasteiger partial charge in [-0.15, -0.1) is 17.5 Å². The maximum absolute atomic E-state index is 9.67. The summed E-state index contributed by atoms with van der Waals surface area (Å²) in [4.78, 5) is 0. The summed E-state index contributed by atoms with van der Waals surface area (Å²) in [5.41, 5.74) is 2.09. The molecule has 3 N–H and O–H groups in total. The van der Waals surface area contributed by atoms with Gasteiger partial charge in [0, 0.05) is 18.8 Å². The monoisotopic (exact) mass is 329 g/mol. The number of hydrogen-bond donors (Lipinski definition) is 3. The van der Waals surface area contributed by atoms with Gasteiger partial charge in [0.05, 0.1) is 0 Å². The zero-order valence-corrected chi connectivity index (χ0v) is 13.0. The quantitative estimate of drug-likeness (QED) is 0.571. The molecule has 1 aromatic heterocycles. The highest BCUT2D eigenvalue weighted by molar-refractivity contribution is 7.99. The van der Waals surface area contributed by atoms with Gasteiger partial charge in [0.15, 0.2) is 11.5 Å². The lowest BCUT2D eigenvalue weighted by Gasteiger charge is -2.26. The predicted molar refractivity (Wildman–Crippen MR) is 81.0 cm³/mol. The van der Waals surface area contributed by atoms with E-state index in [0.29, 0.717) is 0 Å². The van der Waals surface area contributed by atoms with Crippen LogP contribution in [0.3, 0.4) is 0 Å².